The van der Waals surface area contributed by atoms with Crippen molar-refractivity contribution in [2.24, 2.45) is 28.6 Å². The van der Waals surface area contributed by atoms with E-state index in [2.05, 4.69) is 26.0 Å². The molecule has 2 aliphatic heterocycles. The smallest absolute Gasteiger partial charge is 0.261 e. The number of nitrogens with zero attached hydrogens (tertiary/aromatic N) is 1. The van der Waals surface area contributed by atoms with Crippen molar-refractivity contribution in [1.29, 1.82) is 0 Å². The van der Waals surface area contributed by atoms with Gasteiger partial charge in [0.1, 0.15) is 10.8 Å². The van der Waals surface area contributed by atoms with Crippen LogP contribution in [0, 0.1) is 28.6 Å². The highest BCUT2D eigenvalue weighted by atomic mass is 32.1. The number of fused-ring (bicyclic) bond motifs is 2. The van der Waals surface area contributed by atoms with Gasteiger partial charge in [-0.05, 0) is 80.5 Å². The quantitative estimate of drug-likeness (QED) is 0.410. The molecule has 0 spiro atoms. The molecule has 6 heteroatoms. The first kappa shape index (κ1) is 21.1. The summed E-state index contributed by atoms with van der Waals surface area (Å²) in [7, 11) is 0. The number of rotatable bonds is 3. The van der Waals surface area contributed by atoms with Crippen molar-refractivity contribution in [3.8, 4) is 16.3 Å². The van der Waals surface area contributed by atoms with Gasteiger partial charge in [-0.2, -0.15) is 4.89 Å². The summed E-state index contributed by atoms with van der Waals surface area (Å²) in [5.74, 6) is 1.61. The number of para-hydroxylation sites is 1. The van der Waals surface area contributed by atoms with Gasteiger partial charge in [0, 0.05) is 16.4 Å². The van der Waals surface area contributed by atoms with E-state index in [1.165, 1.54) is 38.5 Å². The molecule has 5 nitrogen and oxygen atoms in total. The van der Waals surface area contributed by atoms with Gasteiger partial charge < -0.3 is 9.84 Å². The van der Waals surface area contributed by atoms with E-state index in [0.717, 1.165) is 44.1 Å². The fraction of sp³-hybridized carbons (Fsp3) is 0.552. The Balaban J connectivity index is 1.24. The van der Waals surface area contributed by atoms with Crippen LogP contribution >= 0.6 is 11.3 Å². The van der Waals surface area contributed by atoms with Crippen LogP contribution in [0.5, 0.6) is 5.75 Å². The summed E-state index contributed by atoms with van der Waals surface area (Å²) in [6.07, 6.45) is 7.73. The Morgan fingerprint density at radius 3 is 2.29 bits per heavy atom. The van der Waals surface area contributed by atoms with E-state index in [4.69, 9.17) is 19.5 Å². The summed E-state index contributed by atoms with van der Waals surface area (Å²) >= 11 is 1.60. The molecule has 2 unspecified atom stereocenters. The number of aromatic hydroxyl groups is 1. The molecule has 2 saturated heterocycles. The molecule has 1 aromatic heterocycles. The maximum absolute atomic E-state index is 11.2. The first-order chi connectivity index (χ1) is 16.8. The molecule has 4 saturated carbocycles. The molecule has 35 heavy (non-hydrogen) atoms. The van der Waals surface area contributed by atoms with Crippen LogP contribution in [0.3, 0.4) is 0 Å². The number of ether oxygens (including phenoxy) is 1. The zero-order chi connectivity index (χ0) is 23.6. The van der Waals surface area contributed by atoms with Gasteiger partial charge in [-0.25, -0.2) is 9.87 Å². The normalized spacial score (nSPS) is 40.7. The first-order valence-corrected chi connectivity index (χ1v) is 13.9. The second-order valence-electron chi connectivity index (χ2n) is 12.6. The predicted molar refractivity (Wildman–Crippen MR) is 134 cm³/mol. The Hall–Kier alpha value is -1.99. The van der Waals surface area contributed by atoms with Gasteiger partial charge in [0.25, 0.3) is 5.79 Å². The van der Waals surface area contributed by atoms with E-state index in [9.17, 15) is 5.11 Å². The van der Waals surface area contributed by atoms with Gasteiger partial charge in [0.15, 0.2) is 5.60 Å². The zero-order valence-electron chi connectivity index (χ0n) is 20.3. The molecule has 2 aromatic carbocycles. The van der Waals surface area contributed by atoms with Gasteiger partial charge in [-0.1, -0.05) is 32.0 Å². The van der Waals surface area contributed by atoms with Crippen LogP contribution in [0.15, 0.2) is 42.5 Å². The summed E-state index contributed by atoms with van der Waals surface area (Å²) in [6.45, 7) is 5.14. The number of hydrogen-bond acceptors (Lipinski definition) is 6. The Bertz CT molecular complexity index is 1300. The third kappa shape index (κ3) is 2.47. The van der Waals surface area contributed by atoms with E-state index < -0.39 is 11.4 Å². The van der Waals surface area contributed by atoms with Crippen molar-refractivity contribution in [3.63, 3.8) is 0 Å². The van der Waals surface area contributed by atoms with Crippen LogP contribution in [0.1, 0.15) is 57.9 Å². The van der Waals surface area contributed by atoms with E-state index >= 15 is 0 Å². The van der Waals surface area contributed by atoms with Gasteiger partial charge in [0.2, 0.25) is 0 Å². The maximum Gasteiger partial charge on any atom is 0.261 e. The Morgan fingerprint density at radius 2 is 1.66 bits per heavy atom. The Morgan fingerprint density at radius 1 is 0.943 bits per heavy atom. The molecule has 3 aromatic rings. The molecular weight excluding hydrogens is 458 g/mol. The van der Waals surface area contributed by atoms with E-state index in [-0.39, 0.29) is 16.6 Å². The molecular formula is C29H31NO4S. The van der Waals surface area contributed by atoms with Crippen molar-refractivity contribution < 1.29 is 19.6 Å². The summed E-state index contributed by atoms with van der Waals surface area (Å²) < 4.78 is 7.72. The standard InChI is InChI=1S/C29H31NO4S/c1-26(2)16-32-28(29(26,34-33-28)27-13-17-9-18(14-27)11-19(10-17)15-27)20-7-8-21(23(31)12-20)25-30-22-5-3-4-6-24(22)35-25/h3-8,12,17-19,31H,9-11,13-16H2,1-2H3. The van der Waals surface area contributed by atoms with Crippen molar-refractivity contribution in [2.45, 2.75) is 63.8 Å². The summed E-state index contributed by atoms with van der Waals surface area (Å²) in [4.78, 5) is 17.2. The lowest BCUT2D eigenvalue weighted by molar-refractivity contribution is -0.633. The van der Waals surface area contributed by atoms with E-state index in [1.807, 2.05) is 30.3 Å². The molecule has 6 aliphatic rings. The maximum atomic E-state index is 11.2. The van der Waals surface area contributed by atoms with Crippen molar-refractivity contribution in [1.82, 2.24) is 4.98 Å². The van der Waals surface area contributed by atoms with Crippen LogP contribution < -0.4 is 0 Å². The van der Waals surface area contributed by atoms with Gasteiger partial charge in [0.05, 0.1) is 22.4 Å². The first-order valence-electron chi connectivity index (χ1n) is 13.1. The minimum atomic E-state index is -0.980. The molecule has 6 fully saturated rings. The second-order valence-corrected chi connectivity index (χ2v) is 13.6. The minimum absolute atomic E-state index is 0.0569. The number of benzene rings is 2. The average molecular weight is 490 g/mol. The summed E-state index contributed by atoms with van der Waals surface area (Å²) in [6, 6.07) is 13.9. The molecule has 1 N–H and O–H groups in total. The lowest BCUT2D eigenvalue weighted by Gasteiger charge is -2.70. The molecule has 4 aliphatic carbocycles. The lowest BCUT2D eigenvalue weighted by atomic mass is 9.40. The molecule has 182 valence electrons. The predicted octanol–water partition coefficient (Wildman–Crippen LogP) is 6.80. The van der Waals surface area contributed by atoms with Crippen molar-refractivity contribution >= 4 is 21.6 Å². The monoisotopic (exact) mass is 489 g/mol. The van der Waals surface area contributed by atoms with Crippen LogP contribution in [0.25, 0.3) is 20.8 Å². The number of phenols is 1. The molecule has 9 rings (SSSR count). The summed E-state index contributed by atoms with van der Waals surface area (Å²) in [5, 5.41) is 12.0. The van der Waals surface area contributed by atoms with Gasteiger partial charge in [-0.3, -0.25) is 0 Å². The zero-order valence-corrected chi connectivity index (χ0v) is 21.1. The van der Waals surface area contributed by atoms with Crippen LogP contribution in [0.2, 0.25) is 0 Å². The highest BCUT2D eigenvalue weighted by molar-refractivity contribution is 7.21. The molecule has 0 amide bonds. The average Bonchev–Trinajstić information content (AvgIpc) is 3.27. The fourth-order valence-electron chi connectivity index (χ4n) is 9.20. The Labute approximate surface area is 209 Å². The van der Waals surface area contributed by atoms with Gasteiger partial charge >= 0.3 is 0 Å². The van der Waals surface area contributed by atoms with Gasteiger partial charge in [-0.15, -0.1) is 11.3 Å². The lowest BCUT2D eigenvalue weighted by Crippen LogP contribution is -2.77. The third-order valence-electron chi connectivity index (χ3n) is 10.0. The van der Waals surface area contributed by atoms with Crippen LogP contribution in [-0.4, -0.2) is 22.3 Å². The second kappa shape index (κ2) is 6.65. The fourth-order valence-corrected chi connectivity index (χ4v) is 10.2. The Kier molecular flexibility index (Phi) is 4.02. The van der Waals surface area contributed by atoms with E-state index in [0.29, 0.717) is 6.61 Å². The van der Waals surface area contributed by atoms with Crippen LogP contribution in [-0.2, 0) is 20.3 Å². The SMILES string of the molecule is CC1(C)COC2(c3ccc(-c4nc5ccccc5s4)c(O)c3)OOC12C12CC3CC(CC(C3)C1)C2. The number of aromatic nitrogens is 1. The minimum Gasteiger partial charge on any atom is -0.507 e. The van der Waals surface area contributed by atoms with Crippen LogP contribution in [0.4, 0.5) is 0 Å². The largest absolute Gasteiger partial charge is 0.507 e. The van der Waals surface area contributed by atoms with Crippen molar-refractivity contribution in [2.75, 3.05) is 6.61 Å². The molecule has 2 atom stereocenters. The number of phenolic OH excluding ortho intramolecular Hbond substituents is 1. The highest BCUT2D eigenvalue weighted by Crippen LogP contribution is 2.77. The molecule has 0 radical (unpaired) electrons. The number of thiazole rings is 1. The molecule has 4 bridgehead atoms. The number of hydrogen-bond donors (Lipinski definition) is 1. The van der Waals surface area contributed by atoms with E-state index in [1.54, 1.807) is 11.3 Å². The topological polar surface area (TPSA) is 60.8 Å². The summed E-state index contributed by atoms with van der Waals surface area (Å²) in [5.41, 5.74) is 1.86. The molecule has 3 heterocycles. The highest BCUT2D eigenvalue weighted by Gasteiger charge is 2.85. The third-order valence-corrected chi connectivity index (χ3v) is 11.1. The van der Waals surface area contributed by atoms with Crippen molar-refractivity contribution in [3.05, 3.63) is 48.0 Å².